The molecule has 12 nitrogen and oxygen atoms in total. The second-order valence-corrected chi connectivity index (χ2v) is 13.6. The van der Waals surface area contributed by atoms with Gasteiger partial charge >= 0.3 is 12.1 Å². The first kappa shape index (κ1) is 36.2. The number of aliphatic hydroxyl groups excluding tert-OH is 1. The molecule has 0 aliphatic carbocycles. The molecule has 2 fully saturated rings. The number of cyclic esters (lactones) is 1. The summed E-state index contributed by atoms with van der Waals surface area (Å²) >= 11 is 0. The van der Waals surface area contributed by atoms with Gasteiger partial charge in [-0.3, -0.25) is 19.4 Å². The van der Waals surface area contributed by atoms with Gasteiger partial charge in [0.05, 0.1) is 29.8 Å². The van der Waals surface area contributed by atoms with Gasteiger partial charge < -0.3 is 28.8 Å². The third kappa shape index (κ3) is 7.28. The number of carbonyl (C=O) groups is 4. The highest BCUT2D eigenvalue weighted by molar-refractivity contribution is 6.00. The van der Waals surface area contributed by atoms with Gasteiger partial charge in [0.25, 0.3) is 0 Å². The molecular formula is C35H50N4O8. The van der Waals surface area contributed by atoms with Crippen LogP contribution in [0.3, 0.4) is 0 Å². The van der Waals surface area contributed by atoms with Crippen molar-refractivity contribution in [2.24, 2.45) is 23.7 Å². The Bertz CT molecular complexity index is 1430. The second kappa shape index (κ2) is 14.6. The van der Waals surface area contributed by atoms with Crippen LogP contribution in [0.25, 0.3) is 11.3 Å². The van der Waals surface area contributed by atoms with Crippen LogP contribution in [-0.4, -0.2) is 91.3 Å². The summed E-state index contributed by atoms with van der Waals surface area (Å²) in [6.07, 6.45) is 6.17. The summed E-state index contributed by atoms with van der Waals surface area (Å²) in [5, 5.41) is 11.3. The molecule has 2 aromatic rings. The fourth-order valence-electron chi connectivity index (χ4n) is 7.39. The van der Waals surface area contributed by atoms with Crippen molar-refractivity contribution in [2.45, 2.75) is 110 Å². The van der Waals surface area contributed by atoms with E-state index in [1.54, 1.807) is 58.2 Å². The number of esters is 1. The first-order valence-corrected chi connectivity index (χ1v) is 16.6. The summed E-state index contributed by atoms with van der Waals surface area (Å²) < 4.78 is 19.7. The van der Waals surface area contributed by atoms with Gasteiger partial charge in [-0.25, -0.2) is 9.78 Å². The molecule has 2 aliphatic heterocycles. The van der Waals surface area contributed by atoms with E-state index in [9.17, 15) is 24.3 Å². The number of amides is 1. The molecule has 47 heavy (non-hydrogen) atoms. The number of unbranched alkanes of at least 4 members (excludes halogenated alkanes) is 1. The summed E-state index contributed by atoms with van der Waals surface area (Å²) in [6, 6.07) is 3.06. The number of aromatic nitrogens is 3. The maximum atomic E-state index is 14.1. The van der Waals surface area contributed by atoms with Gasteiger partial charge in [-0.15, -0.1) is 0 Å². The molecule has 0 unspecified atom stereocenters. The van der Waals surface area contributed by atoms with Gasteiger partial charge in [0.2, 0.25) is 0 Å². The van der Waals surface area contributed by atoms with Crippen molar-refractivity contribution in [3.63, 3.8) is 0 Å². The lowest BCUT2D eigenvalue weighted by atomic mass is 9.73. The minimum atomic E-state index is -1.36. The third-order valence-corrected chi connectivity index (χ3v) is 10.3. The number of Topliss-reactive ketones (excluding diaryl/α,β-unsaturated/α-hetero) is 2. The van der Waals surface area contributed by atoms with Crippen molar-refractivity contribution in [1.82, 2.24) is 19.4 Å². The Morgan fingerprint density at radius 1 is 1.04 bits per heavy atom. The van der Waals surface area contributed by atoms with Crippen molar-refractivity contribution in [3.05, 3.63) is 37.1 Å². The minimum absolute atomic E-state index is 0.131. The predicted octanol–water partition coefficient (Wildman–Crippen LogP) is 4.48. The van der Waals surface area contributed by atoms with Crippen LogP contribution in [0.4, 0.5) is 4.79 Å². The molecule has 0 saturated carbocycles. The number of pyridine rings is 1. The van der Waals surface area contributed by atoms with Crippen LogP contribution < -0.4 is 0 Å². The van der Waals surface area contributed by atoms with E-state index in [1.807, 2.05) is 29.8 Å². The maximum Gasteiger partial charge on any atom is 0.410 e. The molecule has 0 aromatic carbocycles. The molecule has 258 valence electrons. The van der Waals surface area contributed by atoms with Gasteiger partial charge in [0, 0.05) is 62.1 Å². The summed E-state index contributed by atoms with van der Waals surface area (Å²) in [5.74, 6) is -4.85. The molecule has 1 N–H and O–H groups in total. The van der Waals surface area contributed by atoms with Crippen LogP contribution in [0.15, 0.2) is 37.1 Å². The zero-order valence-electron chi connectivity index (χ0n) is 28.8. The first-order valence-electron chi connectivity index (χ1n) is 16.6. The van der Waals surface area contributed by atoms with Crippen LogP contribution in [0.1, 0.15) is 74.1 Å². The number of imidazole rings is 1. The standard InChI is InChI=1S/C35H50N4O8/c1-9-27-35(7)30(39(33(44)47-35)16-11-10-15-38-19-26(37-20-38)25-13-12-14-36-18-25)22(3)28(40)21(2)17-34(6,45-8)31(42)23(4)29(41)24(5)32(43)46-27/h12-14,18-24,27,30-31,42H,9-11,15-17H2,1-8H3/t21-,22+,23+,24-,27-,30-,31-,34+,35-/m1/s1. The lowest BCUT2D eigenvalue weighted by molar-refractivity contribution is -0.174. The van der Waals surface area contributed by atoms with Crippen molar-refractivity contribution in [1.29, 1.82) is 0 Å². The Morgan fingerprint density at radius 3 is 2.38 bits per heavy atom. The van der Waals surface area contributed by atoms with E-state index in [2.05, 4.69) is 9.97 Å². The van der Waals surface area contributed by atoms with E-state index < -0.39 is 71.0 Å². The highest BCUT2D eigenvalue weighted by Crippen LogP contribution is 2.42. The number of aryl methyl sites for hydroxylation is 1. The zero-order chi connectivity index (χ0) is 34.7. The SMILES string of the molecule is CC[C@H]1OC(=O)[C@H](C)C(=O)[C@H](C)[C@@H](O)[C@@](C)(OC)C[C@@H](C)C(=O)[C@H](C)[C@H]2N(CCCCn3cnc(-c4cccnc4)c3)C(=O)O[C@]12C. The third-order valence-electron chi connectivity index (χ3n) is 10.3. The number of nitrogens with zero attached hydrogens (tertiary/aromatic N) is 4. The number of rotatable bonds is 8. The average Bonchev–Trinajstić information content (AvgIpc) is 3.64. The van der Waals surface area contributed by atoms with Crippen molar-refractivity contribution < 1.29 is 38.5 Å². The van der Waals surface area contributed by atoms with Gasteiger partial charge in [0.1, 0.15) is 17.8 Å². The number of fused-ring (bicyclic) bond motifs is 1. The summed E-state index contributed by atoms with van der Waals surface area (Å²) in [4.78, 5) is 64.7. The molecule has 4 heterocycles. The number of hydrogen-bond acceptors (Lipinski definition) is 10. The van der Waals surface area contributed by atoms with Gasteiger partial charge in [-0.05, 0) is 58.6 Å². The van der Waals surface area contributed by atoms with Gasteiger partial charge in [-0.1, -0.05) is 27.7 Å². The Morgan fingerprint density at radius 2 is 1.74 bits per heavy atom. The Labute approximate surface area is 277 Å². The van der Waals surface area contributed by atoms with E-state index in [0.717, 1.165) is 17.7 Å². The quantitative estimate of drug-likeness (QED) is 0.245. The minimum Gasteiger partial charge on any atom is -0.458 e. The van der Waals surface area contributed by atoms with Crippen molar-refractivity contribution in [3.8, 4) is 11.3 Å². The van der Waals surface area contributed by atoms with E-state index in [4.69, 9.17) is 14.2 Å². The Hall–Kier alpha value is -3.64. The van der Waals surface area contributed by atoms with Crippen LogP contribution in [0.2, 0.25) is 0 Å². The molecular weight excluding hydrogens is 604 g/mol. The largest absolute Gasteiger partial charge is 0.458 e. The van der Waals surface area contributed by atoms with E-state index in [-0.39, 0.29) is 18.6 Å². The van der Waals surface area contributed by atoms with E-state index >= 15 is 0 Å². The first-order chi connectivity index (χ1) is 22.2. The van der Waals surface area contributed by atoms with Crippen LogP contribution >= 0.6 is 0 Å². The smallest absolute Gasteiger partial charge is 0.410 e. The highest BCUT2D eigenvalue weighted by Gasteiger charge is 2.60. The topological polar surface area (TPSA) is 150 Å². The summed E-state index contributed by atoms with van der Waals surface area (Å²) in [5.41, 5.74) is -0.867. The molecule has 1 amide bonds. The average molecular weight is 655 g/mol. The lowest BCUT2D eigenvalue weighted by Crippen LogP contribution is -2.58. The number of ether oxygens (including phenoxy) is 3. The molecule has 4 rings (SSSR count). The van der Waals surface area contributed by atoms with Crippen LogP contribution in [0.5, 0.6) is 0 Å². The van der Waals surface area contributed by atoms with Gasteiger partial charge in [0.15, 0.2) is 11.4 Å². The fraction of sp³-hybridized carbons (Fsp3) is 0.657. The Balaban J connectivity index is 1.60. The van der Waals surface area contributed by atoms with Gasteiger partial charge in [-0.2, -0.15) is 0 Å². The van der Waals surface area contributed by atoms with Crippen LogP contribution in [0, 0.1) is 23.7 Å². The number of hydrogen-bond donors (Lipinski definition) is 1. The normalized spacial score (nSPS) is 34.1. The molecule has 0 bridgehead atoms. The molecule has 2 aromatic heterocycles. The summed E-state index contributed by atoms with van der Waals surface area (Å²) in [6.45, 7) is 12.7. The Kier molecular flexibility index (Phi) is 11.3. The van der Waals surface area contributed by atoms with Crippen LogP contribution in [-0.2, 0) is 35.1 Å². The van der Waals surface area contributed by atoms with Crippen molar-refractivity contribution in [2.75, 3.05) is 13.7 Å². The highest BCUT2D eigenvalue weighted by atomic mass is 16.6. The molecule has 2 saturated heterocycles. The molecule has 9 atom stereocenters. The lowest BCUT2D eigenvalue weighted by Gasteiger charge is -2.42. The monoisotopic (exact) mass is 654 g/mol. The maximum absolute atomic E-state index is 14.1. The van der Waals surface area contributed by atoms with E-state index in [0.29, 0.717) is 19.5 Å². The summed E-state index contributed by atoms with van der Waals surface area (Å²) in [7, 11) is 1.43. The predicted molar refractivity (Wildman–Crippen MR) is 173 cm³/mol. The zero-order valence-corrected chi connectivity index (χ0v) is 28.8. The molecule has 0 spiro atoms. The molecule has 12 heteroatoms. The molecule has 2 aliphatic rings. The number of carbonyl (C=O) groups excluding carboxylic acids is 4. The van der Waals surface area contributed by atoms with E-state index in [1.165, 1.54) is 14.0 Å². The number of ketones is 2. The fourth-order valence-corrected chi connectivity index (χ4v) is 7.39. The number of methoxy groups -OCH3 is 1. The molecule has 0 radical (unpaired) electrons. The van der Waals surface area contributed by atoms with Crippen molar-refractivity contribution >= 4 is 23.6 Å². The number of aliphatic hydroxyl groups is 1. The second-order valence-electron chi connectivity index (χ2n) is 13.6.